The van der Waals surface area contributed by atoms with Gasteiger partial charge in [0.2, 0.25) is 0 Å². The molecule has 2 saturated heterocycles. The highest BCUT2D eigenvalue weighted by Gasteiger charge is 2.36. The highest BCUT2D eigenvalue weighted by molar-refractivity contribution is 7.13. The summed E-state index contributed by atoms with van der Waals surface area (Å²) in [6.45, 7) is 3.40. The Morgan fingerprint density at radius 1 is 1.20 bits per heavy atom. The molecule has 2 aliphatic heterocycles. The van der Waals surface area contributed by atoms with Crippen LogP contribution in [0, 0.1) is 5.92 Å². The number of ether oxygens (including phenoxy) is 1. The van der Waals surface area contributed by atoms with Crippen LogP contribution in [-0.2, 0) is 10.9 Å². The van der Waals surface area contributed by atoms with Crippen molar-refractivity contribution in [2.45, 2.75) is 37.9 Å². The zero-order valence-electron chi connectivity index (χ0n) is 16.4. The molecule has 0 saturated carbocycles. The summed E-state index contributed by atoms with van der Waals surface area (Å²) >= 11 is 1.38. The second-order valence-corrected chi connectivity index (χ2v) is 9.02. The van der Waals surface area contributed by atoms with E-state index in [0.29, 0.717) is 22.2 Å². The van der Waals surface area contributed by atoms with Crippen LogP contribution in [0.1, 0.15) is 43.1 Å². The third-order valence-electron chi connectivity index (χ3n) is 5.98. The lowest BCUT2D eigenvalue weighted by atomic mass is 9.97. The Bertz CT molecular complexity index is 1010. The first kappa shape index (κ1) is 20.0. The predicted molar refractivity (Wildman–Crippen MR) is 108 cm³/mol. The minimum atomic E-state index is -4.51. The molecule has 0 bridgehead atoms. The lowest BCUT2D eigenvalue weighted by Crippen LogP contribution is -2.37. The number of fused-ring (bicyclic) bond motifs is 1. The Balaban J connectivity index is 1.54. The molecule has 3 aromatic heterocycles. The lowest BCUT2D eigenvalue weighted by Gasteiger charge is -2.36. The van der Waals surface area contributed by atoms with E-state index in [1.54, 1.807) is 12.1 Å². The van der Waals surface area contributed by atoms with Crippen molar-refractivity contribution in [3.63, 3.8) is 0 Å². The van der Waals surface area contributed by atoms with Gasteiger partial charge >= 0.3 is 6.18 Å². The maximum Gasteiger partial charge on any atom is 0.433 e. The molecule has 2 fully saturated rings. The highest BCUT2D eigenvalue weighted by Crippen LogP contribution is 2.36. The summed E-state index contributed by atoms with van der Waals surface area (Å²) in [5, 5.41) is 6.25. The lowest BCUT2D eigenvalue weighted by molar-refractivity contribution is -0.142. The average Bonchev–Trinajstić information content (AvgIpc) is 3.48. The van der Waals surface area contributed by atoms with Gasteiger partial charge in [-0.05, 0) is 49.2 Å². The van der Waals surface area contributed by atoms with Crippen LogP contribution >= 0.6 is 11.3 Å². The fourth-order valence-electron chi connectivity index (χ4n) is 4.51. The molecule has 0 spiro atoms. The first-order chi connectivity index (χ1) is 14.5. The molecule has 30 heavy (non-hydrogen) atoms. The van der Waals surface area contributed by atoms with Crippen LogP contribution in [0.25, 0.3) is 16.2 Å². The Labute approximate surface area is 176 Å². The molecular formula is C21H23F3N4OS. The van der Waals surface area contributed by atoms with E-state index >= 15 is 0 Å². The largest absolute Gasteiger partial charge is 0.433 e. The normalized spacial score (nSPS) is 23.4. The molecule has 5 nitrogen and oxygen atoms in total. The van der Waals surface area contributed by atoms with Gasteiger partial charge in [0, 0.05) is 19.2 Å². The average molecular weight is 437 g/mol. The molecule has 0 amide bonds. The predicted octanol–water partition coefficient (Wildman–Crippen LogP) is 5.04. The van der Waals surface area contributed by atoms with Crippen molar-refractivity contribution in [1.82, 2.24) is 19.5 Å². The van der Waals surface area contributed by atoms with Gasteiger partial charge in [-0.1, -0.05) is 12.5 Å². The zero-order valence-corrected chi connectivity index (χ0v) is 17.3. The highest BCUT2D eigenvalue weighted by atomic mass is 32.1. The van der Waals surface area contributed by atoms with Crippen LogP contribution in [0.2, 0.25) is 0 Å². The molecule has 0 aliphatic carbocycles. The second-order valence-electron chi connectivity index (χ2n) is 8.08. The molecular weight excluding hydrogens is 413 g/mol. The minimum absolute atomic E-state index is 0.0207. The van der Waals surface area contributed by atoms with Crippen molar-refractivity contribution < 1.29 is 17.9 Å². The van der Waals surface area contributed by atoms with Crippen molar-refractivity contribution in [3.05, 3.63) is 41.0 Å². The quantitative estimate of drug-likeness (QED) is 0.575. The Morgan fingerprint density at radius 3 is 2.83 bits per heavy atom. The summed E-state index contributed by atoms with van der Waals surface area (Å²) in [4.78, 5) is 7.60. The number of rotatable bonds is 4. The molecule has 0 unspecified atom stereocenters. The van der Waals surface area contributed by atoms with E-state index in [1.165, 1.54) is 11.3 Å². The summed E-state index contributed by atoms with van der Waals surface area (Å²) < 4.78 is 48.0. The van der Waals surface area contributed by atoms with Crippen LogP contribution in [0.5, 0.6) is 0 Å². The molecule has 5 heterocycles. The van der Waals surface area contributed by atoms with Crippen molar-refractivity contribution in [1.29, 1.82) is 0 Å². The van der Waals surface area contributed by atoms with Gasteiger partial charge in [-0.2, -0.15) is 18.3 Å². The maximum atomic E-state index is 13.8. The molecule has 5 rings (SSSR count). The summed E-state index contributed by atoms with van der Waals surface area (Å²) in [6, 6.07) is 6.46. The zero-order chi connectivity index (χ0) is 20.7. The maximum absolute atomic E-state index is 13.8. The van der Waals surface area contributed by atoms with Gasteiger partial charge in [-0.3, -0.25) is 4.90 Å². The van der Waals surface area contributed by atoms with E-state index in [0.717, 1.165) is 62.6 Å². The van der Waals surface area contributed by atoms with E-state index in [1.807, 2.05) is 11.4 Å². The van der Waals surface area contributed by atoms with E-state index < -0.39 is 11.9 Å². The Kier molecular flexibility index (Phi) is 5.28. The Morgan fingerprint density at radius 2 is 2.10 bits per heavy atom. The number of hydrogen-bond acceptors (Lipinski definition) is 5. The fraction of sp³-hybridized carbons (Fsp3) is 0.524. The Hall–Kier alpha value is -1.97. The molecule has 160 valence electrons. The van der Waals surface area contributed by atoms with Crippen molar-refractivity contribution in [2.24, 2.45) is 5.92 Å². The number of alkyl halides is 3. The number of hydrogen-bond donors (Lipinski definition) is 0. The molecule has 3 aromatic rings. The SMILES string of the molecule is FC(F)(F)c1cc(-c2cccs2)nc2cc([C@@H]3CCCCN3C[C@@H]3CCOC3)nn12. The van der Waals surface area contributed by atoms with Crippen molar-refractivity contribution in [3.8, 4) is 10.6 Å². The second kappa shape index (κ2) is 7.94. The molecule has 0 aromatic carbocycles. The third-order valence-corrected chi connectivity index (χ3v) is 6.87. The summed E-state index contributed by atoms with van der Waals surface area (Å²) in [5.41, 5.74) is 0.474. The standard InChI is InChI=1S/C21H23F3N4OS/c22-21(23,24)19-10-16(18-5-3-9-30-18)25-20-11-15(26-28(19)20)17-4-1-2-7-27(17)12-14-6-8-29-13-14/h3,5,9-11,14,17H,1-2,4,6-8,12-13H2/t14-,17-/m0/s1. The van der Waals surface area contributed by atoms with Gasteiger partial charge in [0.05, 0.1) is 28.9 Å². The van der Waals surface area contributed by atoms with Gasteiger partial charge in [-0.15, -0.1) is 11.3 Å². The van der Waals surface area contributed by atoms with Crippen LogP contribution in [-0.4, -0.2) is 45.8 Å². The minimum Gasteiger partial charge on any atom is -0.381 e. The van der Waals surface area contributed by atoms with Gasteiger partial charge in [0.15, 0.2) is 11.3 Å². The number of thiophene rings is 1. The third kappa shape index (κ3) is 3.86. The van der Waals surface area contributed by atoms with Crippen LogP contribution in [0.15, 0.2) is 29.6 Å². The van der Waals surface area contributed by atoms with Crippen LogP contribution in [0.4, 0.5) is 13.2 Å². The first-order valence-electron chi connectivity index (χ1n) is 10.3. The monoisotopic (exact) mass is 436 g/mol. The number of likely N-dealkylation sites (tertiary alicyclic amines) is 1. The number of aromatic nitrogens is 3. The van der Waals surface area contributed by atoms with Gasteiger partial charge in [0.25, 0.3) is 0 Å². The topological polar surface area (TPSA) is 42.7 Å². The van der Waals surface area contributed by atoms with E-state index in [4.69, 9.17) is 4.74 Å². The summed E-state index contributed by atoms with van der Waals surface area (Å²) in [6.07, 6.45) is -0.416. The molecule has 9 heteroatoms. The smallest absolute Gasteiger partial charge is 0.381 e. The number of halogens is 3. The van der Waals surface area contributed by atoms with Crippen molar-refractivity contribution in [2.75, 3.05) is 26.3 Å². The molecule has 2 atom stereocenters. The van der Waals surface area contributed by atoms with Crippen LogP contribution < -0.4 is 0 Å². The van der Waals surface area contributed by atoms with Crippen LogP contribution in [0.3, 0.4) is 0 Å². The summed E-state index contributed by atoms with van der Waals surface area (Å²) in [5.74, 6) is 0.483. The number of nitrogens with zero attached hydrogens (tertiary/aromatic N) is 4. The van der Waals surface area contributed by atoms with Gasteiger partial charge in [-0.25, -0.2) is 9.50 Å². The fourth-order valence-corrected chi connectivity index (χ4v) is 5.20. The van der Waals surface area contributed by atoms with Gasteiger partial charge < -0.3 is 4.74 Å². The van der Waals surface area contributed by atoms with Gasteiger partial charge in [0.1, 0.15) is 0 Å². The van der Waals surface area contributed by atoms with E-state index in [9.17, 15) is 13.2 Å². The molecule has 0 N–H and O–H groups in total. The molecule has 0 radical (unpaired) electrons. The molecule has 2 aliphatic rings. The summed E-state index contributed by atoms with van der Waals surface area (Å²) in [7, 11) is 0. The number of piperidine rings is 1. The van der Waals surface area contributed by atoms with Crippen molar-refractivity contribution >= 4 is 17.0 Å². The van der Waals surface area contributed by atoms with E-state index in [-0.39, 0.29) is 11.7 Å². The van der Waals surface area contributed by atoms with E-state index in [2.05, 4.69) is 15.0 Å². The first-order valence-corrected chi connectivity index (χ1v) is 11.2.